The number of nitrogens with zero attached hydrogens (tertiary/aromatic N) is 1. The van der Waals surface area contributed by atoms with E-state index in [1.807, 2.05) is 24.3 Å². The summed E-state index contributed by atoms with van der Waals surface area (Å²) < 4.78 is 0. The number of carbonyl (C=O) groups excluding carboxylic acids is 2. The van der Waals surface area contributed by atoms with Crippen LogP contribution >= 0.6 is 0 Å². The van der Waals surface area contributed by atoms with Gasteiger partial charge in [0.25, 0.3) is 0 Å². The molecule has 152 valence electrons. The zero-order chi connectivity index (χ0) is 20.1. The highest BCUT2D eigenvalue weighted by Gasteiger charge is 2.33. The number of benzene rings is 2. The first kappa shape index (κ1) is 19.6. The number of Topliss-reactive ketones (excluding diaryl/α,β-unsaturated/α-hetero) is 1. The van der Waals surface area contributed by atoms with Gasteiger partial charge in [0.15, 0.2) is 0 Å². The summed E-state index contributed by atoms with van der Waals surface area (Å²) in [5, 5.41) is 5.15. The van der Waals surface area contributed by atoms with Crippen LogP contribution in [-0.2, 0) is 9.59 Å². The highest BCUT2D eigenvalue weighted by atomic mass is 16.2. The van der Waals surface area contributed by atoms with Crippen molar-refractivity contribution in [3.05, 3.63) is 66.2 Å². The topological polar surface area (TPSA) is 61.4 Å². The van der Waals surface area contributed by atoms with E-state index in [0.717, 1.165) is 25.1 Å². The van der Waals surface area contributed by atoms with Crippen LogP contribution in [0, 0.1) is 11.8 Å². The number of nitrogens with one attached hydrogen (secondary N) is 2. The van der Waals surface area contributed by atoms with Crippen LogP contribution in [0.3, 0.4) is 0 Å². The quantitative estimate of drug-likeness (QED) is 0.783. The predicted molar refractivity (Wildman–Crippen MR) is 114 cm³/mol. The second kappa shape index (κ2) is 9.23. The molecule has 4 rings (SSSR count). The summed E-state index contributed by atoms with van der Waals surface area (Å²) in [5.41, 5.74) is 5.93. The van der Waals surface area contributed by atoms with Gasteiger partial charge in [-0.3, -0.25) is 9.59 Å². The van der Waals surface area contributed by atoms with Crippen LogP contribution in [0.5, 0.6) is 0 Å². The van der Waals surface area contributed by atoms with E-state index in [4.69, 9.17) is 0 Å². The highest BCUT2D eigenvalue weighted by molar-refractivity contribution is 5.85. The average Bonchev–Trinajstić information content (AvgIpc) is 2.76. The summed E-state index contributed by atoms with van der Waals surface area (Å²) in [5.74, 6) is 0.743. The molecule has 0 aliphatic carbocycles. The number of ketones is 1. The lowest BCUT2D eigenvalue weighted by molar-refractivity contribution is -0.128. The number of hydrazine groups is 1. The molecule has 0 spiro atoms. The first-order valence-corrected chi connectivity index (χ1v) is 10.6. The molecule has 1 amide bonds. The minimum atomic E-state index is -0.0108. The van der Waals surface area contributed by atoms with Gasteiger partial charge in [-0.15, -0.1) is 0 Å². The molecule has 29 heavy (non-hydrogen) atoms. The molecule has 2 aliphatic heterocycles. The summed E-state index contributed by atoms with van der Waals surface area (Å²) in [6.45, 7) is 1.40. The van der Waals surface area contributed by atoms with Crippen molar-refractivity contribution in [3.63, 3.8) is 0 Å². The zero-order valence-electron chi connectivity index (χ0n) is 16.7. The van der Waals surface area contributed by atoms with Gasteiger partial charge in [-0.2, -0.15) is 0 Å². The van der Waals surface area contributed by atoms with Crippen molar-refractivity contribution in [2.24, 2.45) is 11.8 Å². The summed E-state index contributed by atoms with van der Waals surface area (Å²) in [7, 11) is 0. The Bertz CT molecular complexity index is 815. The van der Waals surface area contributed by atoms with Gasteiger partial charge in [0.05, 0.1) is 6.04 Å². The first-order valence-electron chi connectivity index (χ1n) is 10.6. The van der Waals surface area contributed by atoms with Crippen LogP contribution < -0.4 is 10.7 Å². The van der Waals surface area contributed by atoms with E-state index in [1.165, 1.54) is 5.56 Å². The van der Waals surface area contributed by atoms with Crippen LogP contribution in [0.25, 0.3) is 0 Å². The molecule has 2 aromatic rings. The van der Waals surface area contributed by atoms with Gasteiger partial charge < -0.3 is 10.7 Å². The van der Waals surface area contributed by atoms with Gasteiger partial charge in [-0.1, -0.05) is 48.5 Å². The average molecular weight is 392 g/mol. The van der Waals surface area contributed by atoms with E-state index < -0.39 is 0 Å². The molecule has 2 heterocycles. The molecule has 2 N–H and O–H groups in total. The molecule has 0 aromatic heterocycles. The van der Waals surface area contributed by atoms with Crippen molar-refractivity contribution in [2.45, 2.75) is 38.1 Å². The van der Waals surface area contributed by atoms with Crippen LogP contribution in [0.1, 0.15) is 43.7 Å². The van der Waals surface area contributed by atoms with Gasteiger partial charge in [0.2, 0.25) is 5.91 Å². The molecule has 3 atom stereocenters. The van der Waals surface area contributed by atoms with E-state index in [2.05, 4.69) is 52.1 Å². The molecule has 0 bridgehead atoms. The maximum absolute atomic E-state index is 12.8. The Kier molecular flexibility index (Phi) is 6.25. The molecule has 2 aliphatic rings. The fraction of sp³-hybridized carbons (Fsp3) is 0.417. The third-order valence-electron chi connectivity index (χ3n) is 6.15. The smallest absolute Gasteiger partial charge is 0.220 e. The van der Waals surface area contributed by atoms with Gasteiger partial charge >= 0.3 is 0 Å². The minimum Gasteiger partial charge on any atom is -0.355 e. The highest BCUT2D eigenvalue weighted by Crippen LogP contribution is 2.36. The Morgan fingerprint density at radius 1 is 1.03 bits per heavy atom. The first-order chi connectivity index (χ1) is 14.2. The lowest BCUT2D eigenvalue weighted by Gasteiger charge is -2.40. The van der Waals surface area contributed by atoms with Gasteiger partial charge in [-0.05, 0) is 42.9 Å². The molecule has 0 saturated carbocycles. The maximum atomic E-state index is 12.8. The number of hydrogen-bond acceptors (Lipinski definition) is 4. The maximum Gasteiger partial charge on any atom is 0.220 e. The third kappa shape index (κ3) is 5.04. The van der Waals surface area contributed by atoms with Crippen molar-refractivity contribution < 1.29 is 9.59 Å². The number of piperidine rings is 2. The summed E-state index contributed by atoms with van der Waals surface area (Å²) in [4.78, 5) is 24.2. The number of carbonyl (C=O) groups is 2. The second-order valence-corrected chi connectivity index (χ2v) is 8.20. The van der Waals surface area contributed by atoms with E-state index >= 15 is 0 Å². The monoisotopic (exact) mass is 391 g/mol. The predicted octanol–water partition coefficient (Wildman–Crippen LogP) is 3.95. The van der Waals surface area contributed by atoms with Gasteiger partial charge in [0, 0.05) is 37.5 Å². The Labute approximate surface area is 172 Å². The van der Waals surface area contributed by atoms with Gasteiger partial charge in [-0.25, -0.2) is 5.01 Å². The summed E-state index contributed by atoms with van der Waals surface area (Å²) >= 11 is 0. The lowest BCUT2D eigenvalue weighted by Crippen LogP contribution is -2.42. The molecule has 5 heteroatoms. The fourth-order valence-corrected chi connectivity index (χ4v) is 4.49. The molecule has 2 saturated heterocycles. The van der Waals surface area contributed by atoms with Crippen molar-refractivity contribution in [2.75, 3.05) is 18.5 Å². The van der Waals surface area contributed by atoms with E-state index in [1.54, 1.807) is 0 Å². The van der Waals surface area contributed by atoms with E-state index in [-0.39, 0.29) is 17.9 Å². The molecule has 2 fully saturated rings. The molecule has 5 nitrogen and oxygen atoms in total. The van der Waals surface area contributed by atoms with Crippen molar-refractivity contribution in [3.8, 4) is 0 Å². The normalized spacial score (nSPS) is 25.2. The molecule has 0 radical (unpaired) electrons. The zero-order valence-corrected chi connectivity index (χ0v) is 16.7. The lowest BCUT2D eigenvalue weighted by atomic mass is 9.81. The van der Waals surface area contributed by atoms with E-state index in [0.29, 0.717) is 37.5 Å². The number of para-hydroxylation sites is 1. The van der Waals surface area contributed by atoms with Crippen LogP contribution in [0.4, 0.5) is 5.69 Å². The minimum absolute atomic E-state index is 0.0108. The van der Waals surface area contributed by atoms with Crippen LogP contribution in [0.2, 0.25) is 0 Å². The number of anilines is 1. The largest absolute Gasteiger partial charge is 0.355 e. The summed E-state index contributed by atoms with van der Waals surface area (Å²) in [6, 6.07) is 21.0. The van der Waals surface area contributed by atoms with E-state index in [9.17, 15) is 9.59 Å². The van der Waals surface area contributed by atoms with Crippen molar-refractivity contribution in [1.29, 1.82) is 0 Å². The van der Waals surface area contributed by atoms with Gasteiger partial charge in [0.1, 0.15) is 5.78 Å². The molecule has 0 unspecified atom stereocenters. The number of amides is 1. The number of hydrogen-bond donors (Lipinski definition) is 2. The summed E-state index contributed by atoms with van der Waals surface area (Å²) in [6.07, 6.45) is 3.73. The molecular weight excluding hydrogens is 362 g/mol. The Morgan fingerprint density at radius 2 is 1.76 bits per heavy atom. The van der Waals surface area contributed by atoms with Crippen LogP contribution in [0.15, 0.2) is 60.7 Å². The standard InChI is InChI=1S/C24H29N3O2/c28-23(20-11-12-24(29)25-17-20)16-18-13-14-27(26-21-9-5-2-6-10-21)22(15-18)19-7-3-1-4-8-19/h1-10,18,20,22,26H,11-17H2,(H,25,29)/t18-,20-,22+/m1/s1. The molecule has 2 aromatic carbocycles. The third-order valence-corrected chi connectivity index (χ3v) is 6.15. The second-order valence-electron chi connectivity index (χ2n) is 8.20. The van der Waals surface area contributed by atoms with Crippen molar-refractivity contribution >= 4 is 17.4 Å². The Morgan fingerprint density at radius 3 is 2.45 bits per heavy atom. The Balaban J connectivity index is 1.43. The fourth-order valence-electron chi connectivity index (χ4n) is 4.49. The number of rotatable bonds is 6. The van der Waals surface area contributed by atoms with Crippen molar-refractivity contribution in [1.82, 2.24) is 10.3 Å². The SMILES string of the molecule is O=C1CC[C@@H](C(=O)C[C@@H]2CCN(Nc3ccccc3)[C@H](c3ccccc3)C2)CN1. The van der Waals surface area contributed by atoms with Crippen LogP contribution in [-0.4, -0.2) is 29.8 Å². The molecular formula is C24H29N3O2. The Hall–Kier alpha value is -2.66.